The van der Waals surface area contributed by atoms with Gasteiger partial charge in [-0.1, -0.05) is 0 Å². The van der Waals surface area contributed by atoms with Gasteiger partial charge in [-0.25, -0.2) is 0 Å². The third-order valence-electron chi connectivity index (χ3n) is 1.54. The Morgan fingerprint density at radius 3 is 2.56 bits per heavy atom. The van der Waals surface area contributed by atoms with Gasteiger partial charge in [-0.2, -0.15) is 0 Å². The molecule has 5 N–H and O–H groups in total. The van der Waals surface area contributed by atoms with Crippen LogP contribution in [0, 0.1) is 0 Å². The van der Waals surface area contributed by atoms with Crippen LogP contribution in [0.1, 0.15) is 0 Å². The second-order valence-corrected chi connectivity index (χ2v) is 2.22. The number of aliphatic hydroxyl groups is 1. The van der Waals surface area contributed by atoms with Crippen LogP contribution in [0.2, 0.25) is 0 Å². The standard InChI is InChI=1S/C5H13N3O/c6-5-4(3-9)7-1-2-8-5/h4-5,7-9H,1-3,6H2. The quantitative estimate of drug-likeness (QED) is 0.327. The van der Waals surface area contributed by atoms with Crippen molar-refractivity contribution >= 4 is 0 Å². The SMILES string of the molecule is NC1NCCNC1CO. The predicted octanol–water partition coefficient (Wildman–Crippen LogP) is -2.18. The van der Waals surface area contributed by atoms with E-state index in [0.29, 0.717) is 0 Å². The van der Waals surface area contributed by atoms with Gasteiger partial charge in [-0.05, 0) is 0 Å². The minimum atomic E-state index is -0.0938. The van der Waals surface area contributed by atoms with Crippen molar-refractivity contribution < 1.29 is 5.11 Å². The highest BCUT2D eigenvalue weighted by Gasteiger charge is 2.18. The summed E-state index contributed by atoms with van der Waals surface area (Å²) in [5.41, 5.74) is 5.56. The van der Waals surface area contributed by atoms with Crippen LogP contribution in [0.4, 0.5) is 0 Å². The fraction of sp³-hybridized carbons (Fsp3) is 1.00. The summed E-state index contributed by atoms with van der Waals surface area (Å²) in [6.45, 7) is 1.88. The lowest BCUT2D eigenvalue weighted by atomic mass is 10.2. The lowest BCUT2D eigenvalue weighted by Crippen LogP contribution is -2.61. The number of piperazine rings is 1. The molecule has 0 saturated carbocycles. The zero-order valence-electron chi connectivity index (χ0n) is 5.30. The van der Waals surface area contributed by atoms with Crippen molar-refractivity contribution in [2.75, 3.05) is 19.7 Å². The molecule has 1 rings (SSSR count). The Kier molecular flexibility index (Phi) is 2.41. The van der Waals surface area contributed by atoms with E-state index < -0.39 is 0 Å². The second kappa shape index (κ2) is 3.12. The molecule has 1 aliphatic heterocycles. The van der Waals surface area contributed by atoms with Gasteiger partial charge < -0.3 is 16.2 Å². The summed E-state index contributed by atoms with van der Waals surface area (Å²) < 4.78 is 0. The highest BCUT2D eigenvalue weighted by atomic mass is 16.3. The molecule has 0 amide bonds. The number of rotatable bonds is 1. The molecule has 4 nitrogen and oxygen atoms in total. The Morgan fingerprint density at radius 1 is 1.44 bits per heavy atom. The summed E-state index contributed by atoms with van der Waals surface area (Å²) >= 11 is 0. The first-order chi connectivity index (χ1) is 4.34. The number of aliphatic hydroxyl groups excluding tert-OH is 1. The molecule has 0 aromatic carbocycles. The van der Waals surface area contributed by atoms with E-state index in [0.717, 1.165) is 13.1 Å². The molecule has 0 aromatic rings. The van der Waals surface area contributed by atoms with Crippen LogP contribution >= 0.6 is 0 Å². The zero-order valence-corrected chi connectivity index (χ0v) is 5.30. The number of hydrogen-bond donors (Lipinski definition) is 4. The van der Waals surface area contributed by atoms with E-state index in [1.807, 2.05) is 0 Å². The van der Waals surface area contributed by atoms with Gasteiger partial charge in [0.05, 0.1) is 18.8 Å². The molecule has 9 heavy (non-hydrogen) atoms. The smallest absolute Gasteiger partial charge is 0.0727 e. The van der Waals surface area contributed by atoms with Crippen molar-refractivity contribution in [2.45, 2.75) is 12.2 Å². The van der Waals surface area contributed by atoms with Crippen LogP contribution in [0.5, 0.6) is 0 Å². The average Bonchev–Trinajstić information content (AvgIpc) is 1.89. The predicted molar refractivity (Wildman–Crippen MR) is 34.9 cm³/mol. The van der Waals surface area contributed by atoms with E-state index in [4.69, 9.17) is 10.8 Å². The van der Waals surface area contributed by atoms with Crippen LogP contribution in [0.3, 0.4) is 0 Å². The molecular weight excluding hydrogens is 118 g/mol. The minimum absolute atomic E-state index is 0.0266. The molecule has 0 aliphatic carbocycles. The van der Waals surface area contributed by atoms with Gasteiger partial charge in [-0.3, -0.25) is 5.32 Å². The molecule has 0 bridgehead atoms. The Morgan fingerprint density at radius 2 is 2.11 bits per heavy atom. The third-order valence-corrected chi connectivity index (χ3v) is 1.54. The maximum Gasteiger partial charge on any atom is 0.0727 e. The van der Waals surface area contributed by atoms with Gasteiger partial charge in [0.15, 0.2) is 0 Å². The average molecular weight is 131 g/mol. The van der Waals surface area contributed by atoms with Crippen molar-refractivity contribution in [1.29, 1.82) is 0 Å². The summed E-state index contributed by atoms with van der Waals surface area (Å²) in [5, 5.41) is 14.8. The Balaban J connectivity index is 2.30. The van der Waals surface area contributed by atoms with E-state index in [1.165, 1.54) is 0 Å². The molecule has 0 spiro atoms. The summed E-state index contributed by atoms with van der Waals surface area (Å²) in [6, 6.07) is 0.0266. The summed E-state index contributed by atoms with van der Waals surface area (Å²) in [6.07, 6.45) is -0.0938. The van der Waals surface area contributed by atoms with Crippen molar-refractivity contribution in [3.8, 4) is 0 Å². The monoisotopic (exact) mass is 131 g/mol. The van der Waals surface area contributed by atoms with Gasteiger partial charge in [0.1, 0.15) is 0 Å². The fourth-order valence-electron chi connectivity index (χ4n) is 0.944. The topological polar surface area (TPSA) is 70.3 Å². The first-order valence-electron chi connectivity index (χ1n) is 3.18. The lowest BCUT2D eigenvalue weighted by molar-refractivity contribution is 0.195. The molecule has 0 radical (unpaired) electrons. The lowest BCUT2D eigenvalue weighted by Gasteiger charge is -2.29. The van der Waals surface area contributed by atoms with Crippen LogP contribution < -0.4 is 16.4 Å². The van der Waals surface area contributed by atoms with Crippen molar-refractivity contribution in [3.63, 3.8) is 0 Å². The van der Waals surface area contributed by atoms with Gasteiger partial charge >= 0.3 is 0 Å². The second-order valence-electron chi connectivity index (χ2n) is 2.22. The van der Waals surface area contributed by atoms with Crippen LogP contribution in [0.15, 0.2) is 0 Å². The van der Waals surface area contributed by atoms with Crippen LogP contribution in [0.25, 0.3) is 0 Å². The van der Waals surface area contributed by atoms with E-state index >= 15 is 0 Å². The molecular formula is C5H13N3O. The van der Waals surface area contributed by atoms with Crippen LogP contribution in [-0.2, 0) is 0 Å². The number of hydrogen-bond acceptors (Lipinski definition) is 4. The summed E-state index contributed by atoms with van der Waals surface area (Å²) in [5.74, 6) is 0. The molecule has 2 atom stereocenters. The molecule has 4 heteroatoms. The van der Waals surface area contributed by atoms with Crippen LogP contribution in [-0.4, -0.2) is 37.0 Å². The third kappa shape index (κ3) is 1.62. The molecule has 54 valence electrons. The Hall–Kier alpha value is -0.160. The molecule has 1 aliphatic rings. The zero-order chi connectivity index (χ0) is 6.69. The van der Waals surface area contributed by atoms with Crippen molar-refractivity contribution in [1.82, 2.24) is 10.6 Å². The fourth-order valence-corrected chi connectivity index (χ4v) is 0.944. The largest absolute Gasteiger partial charge is 0.395 e. The Bertz CT molecular complexity index is 88.3. The molecule has 0 aromatic heterocycles. The van der Waals surface area contributed by atoms with Gasteiger partial charge in [0.2, 0.25) is 0 Å². The van der Waals surface area contributed by atoms with Gasteiger partial charge in [0, 0.05) is 13.1 Å². The maximum atomic E-state index is 8.68. The molecule has 2 unspecified atom stereocenters. The maximum absolute atomic E-state index is 8.68. The molecule has 1 fully saturated rings. The summed E-state index contributed by atoms with van der Waals surface area (Å²) in [4.78, 5) is 0. The number of nitrogens with one attached hydrogen (secondary N) is 2. The van der Waals surface area contributed by atoms with E-state index in [-0.39, 0.29) is 18.8 Å². The summed E-state index contributed by atoms with van der Waals surface area (Å²) in [7, 11) is 0. The van der Waals surface area contributed by atoms with Crippen molar-refractivity contribution in [3.05, 3.63) is 0 Å². The first kappa shape index (κ1) is 6.95. The van der Waals surface area contributed by atoms with E-state index in [2.05, 4.69) is 10.6 Å². The van der Waals surface area contributed by atoms with Gasteiger partial charge in [0.25, 0.3) is 0 Å². The first-order valence-corrected chi connectivity index (χ1v) is 3.18. The highest BCUT2D eigenvalue weighted by Crippen LogP contribution is 1.89. The number of nitrogens with two attached hydrogens (primary N) is 1. The van der Waals surface area contributed by atoms with Crippen molar-refractivity contribution in [2.24, 2.45) is 5.73 Å². The highest BCUT2D eigenvalue weighted by molar-refractivity contribution is 4.81. The van der Waals surface area contributed by atoms with E-state index in [1.54, 1.807) is 0 Å². The van der Waals surface area contributed by atoms with Gasteiger partial charge in [-0.15, -0.1) is 0 Å². The minimum Gasteiger partial charge on any atom is -0.395 e. The molecule has 1 heterocycles. The Labute approximate surface area is 54.4 Å². The molecule has 1 saturated heterocycles. The normalized spacial score (nSPS) is 36.7. The van der Waals surface area contributed by atoms with E-state index in [9.17, 15) is 0 Å².